The molecule has 1 fully saturated rings. The fourth-order valence-corrected chi connectivity index (χ4v) is 2.80. The summed E-state index contributed by atoms with van der Waals surface area (Å²) in [5.74, 6) is 0.356. The summed E-state index contributed by atoms with van der Waals surface area (Å²) in [5.41, 5.74) is 0. The predicted octanol–water partition coefficient (Wildman–Crippen LogP) is 1.69. The molecule has 1 aromatic rings. The molecule has 0 aliphatic carbocycles. The molecule has 18 heavy (non-hydrogen) atoms. The first-order valence-electron chi connectivity index (χ1n) is 5.80. The van der Waals surface area contributed by atoms with Crippen molar-refractivity contribution in [3.05, 3.63) is 15.0 Å². The van der Waals surface area contributed by atoms with Crippen LogP contribution in [0.25, 0.3) is 0 Å². The van der Waals surface area contributed by atoms with Crippen molar-refractivity contribution >= 4 is 33.2 Å². The zero-order valence-electron chi connectivity index (χ0n) is 9.86. The molecular formula is C11H15BrN2O3S. The number of rotatable bonds is 6. The second kappa shape index (κ2) is 7.18. The maximum absolute atomic E-state index is 11.6. The Labute approximate surface area is 118 Å². The van der Waals surface area contributed by atoms with Crippen molar-refractivity contribution in [2.45, 2.75) is 6.42 Å². The standard InChI is InChI=1S/C11H15BrN2O3S/c12-9-7-18-11(14-9)10(15)13-2-4-17-6-8-1-3-16-5-8/h7-8H,1-6H2,(H,13,15). The molecule has 0 bridgehead atoms. The summed E-state index contributed by atoms with van der Waals surface area (Å²) in [4.78, 5) is 15.7. The van der Waals surface area contributed by atoms with Gasteiger partial charge in [-0.2, -0.15) is 0 Å². The van der Waals surface area contributed by atoms with Crippen LogP contribution in [0.1, 0.15) is 16.2 Å². The fraction of sp³-hybridized carbons (Fsp3) is 0.636. The third-order valence-electron chi connectivity index (χ3n) is 2.58. The third-order valence-corrected chi connectivity index (χ3v) is 4.13. The molecule has 0 saturated carbocycles. The number of carbonyl (C=O) groups excluding carboxylic acids is 1. The molecule has 1 unspecified atom stereocenters. The minimum Gasteiger partial charge on any atom is -0.381 e. The first-order valence-corrected chi connectivity index (χ1v) is 7.47. The average Bonchev–Trinajstić information content (AvgIpc) is 2.99. The van der Waals surface area contributed by atoms with Crippen molar-refractivity contribution in [3.63, 3.8) is 0 Å². The smallest absolute Gasteiger partial charge is 0.280 e. The minimum absolute atomic E-state index is 0.154. The average molecular weight is 335 g/mol. The van der Waals surface area contributed by atoms with Gasteiger partial charge in [-0.15, -0.1) is 11.3 Å². The Morgan fingerprint density at radius 3 is 3.28 bits per heavy atom. The molecule has 2 heterocycles. The van der Waals surface area contributed by atoms with Gasteiger partial charge in [0.25, 0.3) is 5.91 Å². The zero-order chi connectivity index (χ0) is 12.8. The van der Waals surface area contributed by atoms with E-state index in [0.717, 1.165) is 19.6 Å². The highest BCUT2D eigenvalue weighted by molar-refractivity contribution is 9.10. The molecule has 1 saturated heterocycles. The molecule has 0 spiro atoms. The second-order valence-corrected chi connectivity index (χ2v) is 5.71. The van der Waals surface area contributed by atoms with Crippen molar-refractivity contribution in [2.24, 2.45) is 5.92 Å². The highest BCUT2D eigenvalue weighted by atomic mass is 79.9. The molecule has 100 valence electrons. The summed E-state index contributed by atoms with van der Waals surface area (Å²) in [5, 5.41) is 5.02. The molecule has 1 aliphatic heterocycles. The van der Waals surface area contributed by atoms with Gasteiger partial charge in [-0.05, 0) is 22.4 Å². The van der Waals surface area contributed by atoms with E-state index in [1.807, 2.05) is 0 Å². The van der Waals surface area contributed by atoms with Gasteiger partial charge in [0.2, 0.25) is 0 Å². The highest BCUT2D eigenvalue weighted by Crippen LogP contribution is 2.14. The molecule has 2 rings (SSSR count). The molecule has 1 aliphatic rings. The van der Waals surface area contributed by atoms with E-state index < -0.39 is 0 Å². The van der Waals surface area contributed by atoms with E-state index in [1.165, 1.54) is 11.3 Å². The lowest BCUT2D eigenvalue weighted by molar-refractivity contribution is 0.0823. The summed E-state index contributed by atoms with van der Waals surface area (Å²) in [6.45, 7) is 3.36. The van der Waals surface area contributed by atoms with E-state index in [4.69, 9.17) is 9.47 Å². The van der Waals surface area contributed by atoms with Gasteiger partial charge < -0.3 is 14.8 Å². The third kappa shape index (κ3) is 4.31. The van der Waals surface area contributed by atoms with E-state index in [0.29, 0.717) is 35.3 Å². The van der Waals surface area contributed by atoms with Gasteiger partial charge in [-0.1, -0.05) is 0 Å². The normalized spacial score (nSPS) is 19.1. The fourth-order valence-electron chi connectivity index (χ4n) is 1.64. The van der Waals surface area contributed by atoms with Crippen molar-refractivity contribution in [3.8, 4) is 0 Å². The summed E-state index contributed by atoms with van der Waals surface area (Å²) in [6.07, 6.45) is 1.07. The van der Waals surface area contributed by atoms with Crippen LogP contribution in [0.15, 0.2) is 9.98 Å². The van der Waals surface area contributed by atoms with Crippen LogP contribution in [0.5, 0.6) is 0 Å². The van der Waals surface area contributed by atoms with Crippen LogP contribution >= 0.6 is 27.3 Å². The lowest BCUT2D eigenvalue weighted by Gasteiger charge is -2.08. The number of nitrogens with zero attached hydrogens (tertiary/aromatic N) is 1. The summed E-state index contributed by atoms with van der Waals surface area (Å²) in [6, 6.07) is 0. The topological polar surface area (TPSA) is 60.5 Å². The lowest BCUT2D eigenvalue weighted by atomic mass is 10.1. The number of amides is 1. The minimum atomic E-state index is -0.154. The number of aromatic nitrogens is 1. The Morgan fingerprint density at radius 2 is 2.61 bits per heavy atom. The van der Waals surface area contributed by atoms with Gasteiger partial charge in [0.1, 0.15) is 4.60 Å². The maximum atomic E-state index is 11.6. The van der Waals surface area contributed by atoms with Gasteiger partial charge in [0, 0.05) is 24.4 Å². The first kappa shape index (κ1) is 13.9. The van der Waals surface area contributed by atoms with E-state index in [1.54, 1.807) is 5.38 Å². The van der Waals surface area contributed by atoms with Crippen LogP contribution < -0.4 is 5.32 Å². The summed E-state index contributed by atoms with van der Waals surface area (Å²) >= 11 is 4.53. The highest BCUT2D eigenvalue weighted by Gasteiger charge is 2.15. The van der Waals surface area contributed by atoms with Crippen LogP contribution in [-0.4, -0.2) is 43.9 Å². The molecule has 1 amide bonds. The van der Waals surface area contributed by atoms with Gasteiger partial charge >= 0.3 is 0 Å². The van der Waals surface area contributed by atoms with Crippen molar-refractivity contribution in [2.75, 3.05) is 33.0 Å². The van der Waals surface area contributed by atoms with Crippen LogP contribution in [0.3, 0.4) is 0 Å². The number of ether oxygens (including phenoxy) is 2. The molecule has 1 atom stereocenters. The molecular weight excluding hydrogens is 320 g/mol. The van der Waals surface area contributed by atoms with E-state index in [2.05, 4.69) is 26.2 Å². The van der Waals surface area contributed by atoms with Gasteiger partial charge in [-0.25, -0.2) is 4.98 Å². The van der Waals surface area contributed by atoms with Gasteiger partial charge in [-0.3, -0.25) is 4.79 Å². The Morgan fingerprint density at radius 1 is 1.72 bits per heavy atom. The Balaban J connectivity index is 1.56. The van der Waals surface area contributed by atoms with E-state index in [-0.39, 0.29) is 5.91 Å². The maximum Gasteiger partial charge on any atom is 0.280 e. The number of thiazole rings is 1. The SMILES string of the molecule is O=C(NCCOCC1CCOC1)c1nc(Br)cs1. The van der Waals surface area contributed by atoms with Crippen LogP contribution in [0, 0.1) is 5.92 Å². The second-order valence-electron chi connectivity index (χ2n) is 4.04. The summed E-state index contributed by atoms with van der Waals surface area (Å²) < 4.78 is 11.4. The molecule has 5 nitrogen and oxygen atoms in total. The van der Waals surface area contributed by atoms with Crippen LogP contribution in [0.2, 0.25) is 0 Å². The molecule has 1 aromatic heterocycles. The van der Waals surface area contributed by atoms with Crippen LogP contribution in [0.4, 0.5) is 0 Å². The number of nitrogens with one attached hydrogen (secondary N) is 1. The van der Waals surface area contributed by atoms with Gasteiger partial charge in [0.05, 0.1) is 19.8 Å². The van der Waals surface area contributed by atoms with Crippen molar-refractivity contribution in [1.82, 2.24) is 10.3 Å². The van der Waals surface area contributed by atoms with E-state index >= 15 is 0 Å². The summed E-state index contributed by atoms with van der Waals surface area (Å²) in [7, 11) is 0. The number of halogens is 1. The quantitative estimate of drug-likeness (QED) is 0.804. The lowest BCUT2D eigenvalue weighted by Crippen LogP contribution is -2.27. The Bertz CT molecular complexity index is 393. The first-order chi connectivity index (χ1) is 8.75. The number of hydrogen-bond acceptors (Lipinski definition) is 5. The number of hydrogen-bond donors (Lipinski definition) is 1. The van der Waals surface area contributed by atoms with Gasteiger partial charge in [0.15, 0.2) is 5.01 Å². The van der Waals surface area contributed by atoms with Crippen molar-refractivity contribution < 1.29 is 14.3 Å². The predicted molar refractivity (Wildman–Crippen MR) is 71.9 cm³/mol. The van der Waals surface area contributed by atoms with E-state index in [9.17, 15) is 4.79 Å². The molecule has 1 N–H and O–H groups in total. The largest absolute Gasteiger partial charge is 0.381 e. The van der Waals surface area contributed by atoms with Crippen LogP contribution in [-0.2, 0) is 9.47 Å². The Kier molecular flexibility index (Phi) is 5.55. The molecule has 0 aromatic carbocycles. The molecule has 0 radical (unpaired) electrons. The molecule has 7 heteroatoms. The van der Waals surface area contributed by atoms with Crippen molar-refractivity contribution in [1.29, 1.82) is 0 Å². The Hall–Kier alpha value is -0.500. The number of carbonyl (C=O) groups is 1. The monoisotopic (exact) mass is 334 g/mol. The zero-order valence-corrected chi connectivity index (χ0v) is 12.3.